The molecule has 0 aliphatic heterocycles. The number of nitrogens with one attached hydrogen (secondary N) is 1. The molecule has 14 heavy (non-hydrogen) atoms. The molecule has 0 atom stereocenters. The number of hydrogen-bond acceptors (Lipinski definition) is 2. The lowest BCUT2D eigenvalue weighted by Gasteiger charge is -1.98. The van der Waals surface area contributed by atoms with E-state index in [1.807, 2.05) is 11.7 Å². The van der Waals surface area contributed by atoms with Crippen LogP contribution in [0.2, 0.25) is 0 Å². The van der Waals surface area contributed by atoms with Gasteiger partial charge in [0.25, 0.3) is 0 Å². The highest BCUT2D eigenvalue weighted by Gasteiger charge is 2.12. The molecule has 0 spiro atoms. The Bertz CT molecular complexity index is 517. The molecular formula is C9H14N4S. The van der Waals surface area contributed by atoms with Crippen LogP contribution >= 0.6 is 12.2 Å². The van der Waals surface area contributed by atoms with Gasteiger partial charge in [-0.15, -0.1) is 0 Å². The first-order chi connectivity index (χ1) is 6.69. The van der Waals surface area contributed by atoms with Gasteiger partial charge in [-0.2, -0.15) is 5.10 Å². The van der Waals surface area contributed by atoms with Crippen molar-refractivity contribution < 1.29 is 0 Å². The summed E-state index contributed by atoms with van der Waals surface area (Å²) in [5.74, 6) is 0. The molecule has 1 N–H and O–H groups in total. The van der Waals surface area contributed by atoms with Gasteiger partial charge >= 0.3 is 0 Å². The van der Waals surface area contributed by atoms with E-state index >= 15 is 0 Å². The monoisotopic (exact) mass is 210 g/mol. The van der Waals surface area contributed by atoms with Crippen molar-refractivity contribution in [2.24, 2.45) is 7.05 Å². The molecule has 2 heterocycles. The Balaban J connectivity index is 2.88. The highest BCUT2D eigenvalue weighted by Crippen LogP contribution is 2.17. The van der Waals surface area contributed by atoms with Crippen LogP contribution in [0.3, 0.4) is 0 Å². The quantitative estimate of drug-likeness (QED) is 0.770. The lowest BCUT2D eigenvalue weighted by molar-refractivity contribution is 0.696. The Morgan fingerprint density at radius 2 is 2.14 bits per heavy atom. The van der Waals surface area contributed by atoms with Crippen LogP contribution in [0.5, 0.6) is 0 Å². The molecule has 2 aromatic rings. The van der Waals surface area contributed by atoms with E-state index in [2.05, 4.69) is 28.5 Å². The minimum Gasteiger partial charge on any atom is -0.328 e. The summed E-state index contributed by atoms with van der Waals surface area (Å²) < 4.78 is 4.74. The van der Waals surface area contributed by atoms with Crippen LogP contribution in [0.25, 0.3) is 11.2 Å². The normalized spacial score (nSPS) is 11.4. The van der Waals surface area contributed by atoms with E-state index in [1.54, 1.807) is 0 Å². The number of aromatic amines is 1. The Morgan fingerprint density at radius 3 is 2.71 bits per heavy atom. The van der Waals surface area contributed by atoms with Crippen molar-refractivity contribution in [3.05, 3.63) is 10.5 Å². The molecule has 0 saturated carbocycles. The minimum absolute atomic E-state index is 0.783. The lowest BCUT2D eigenvalue weighted by Crippen LogP contribution is -2.00. The maximum absolute atomic E-state index is 5.24. The van der Waals surface area contributed by atoms with Crippen molar-refractivity contribution in [3.8, 4) is 0 Å². The molecule has 0 bridgehead atoms. The molecule has 2 rings (SSSR count). The van der Waals surface area contributed by atoms with Crippen LogP contribution in [0.15, 0.2) is 0 Å². The molecule has 0 amide bonds. The van der Waals surface area contributed by atoms with Gasteiger partial charge in [0.15, 0.2) is 10.4 Å². The lowest BCUT2D eigenvalue weighted by atomic mass is 10.3. The summed E-state index contributed by atoms with van der Waals surface area (Å²) in [5.41, 5.74) is 3.26. The van der Waals surface area contributed by atoms with Crippen molar-refractivity contribution in [2.75, 3.05) is 0 Å². The van der Waals surface area contributed by atoms with Crippen molar-refractivity contribution >= 4 is 23.4 Å². The molecule has 0 saturated heterocycles. The van der Waals surface area contributed by atoms with Crippen LogP contribution in [0.4, 0.5) is 0 Å². The summed E-state index contributed by atoms with van der Waals surface area (Å²) in [6, 6.07) is 0. The molecule has 0 aliphatic carbocycles. The number of fused-ring (bicyclic) bond motifs is 1. The zero-order valence-corrected chi connectivity index (χ0v) is 9.48. The smallest absolute Gasteiger partial charge is 0.179 e. The van der Waals surface area contributed by atoms with Crippen molar-refractivity contribution in [1.29, 1.82) is 0 Å². The predicted octanol–water partition coefficient (Wildman–Crippen LogP) is 2.01. The van der Waals surface area contributed by atoms with Crippen LogP contribution in [0, 0.1) is 4.77 Å². The van der Waals surface area contributed by atoms with Crippen LogP contribution in [-0.4, -0.2) is 19.3 Å². The van der Waals surface area contributed by atoms with Crippen LogP contribution in [-0.2, 0) is 20.0 Å². The van der Waals surface area contributed by atoms with E-state index in [9.17, 15) is 0 Å². The minimum atomic E-state index is 0.783. The Morgan fingerprint density at radius 1 is 1.43 bits per heavy atom. The summed E-state index contributed by atoms with van der Waals surface area (Å²) in [4.78, 5) is 3.21. The van der Waals surface area contributed by atoms with Crippen molar-refractivity contribution in [2.45, 2.75) is 26.8 Å². The average Bonchev–Trinajstić information content (AvgIpc) is 2.63. The molecule has 0 aliphatic rings. The van der Waals surface area contributed by atoms with Gasteiger partial charge in [0.05, 0.1) is 5.69 Å². The number of rotatable bonds is 2. The first-order valence-corrected chi connectivity index (χ1v) is 5.24. The predicted molar refractivity (Wildman–Crippen MR) is 58.9 cm³/mol. The van der Waals surface area contributed by atoms with Crippen LogP contribution < -0.4 is 0 Å². The number of H-pyrrole nitrogens is 1. The average molecular weight is 210 g/mol. The van der Waals surface area contributed by atoms with Gasteiger partial charge in [-0.25, -0.2) is 0 Å². The van der Waals surface area contributed by atoms with E-state index in [0.717, 1.165) is 34.6 Å². The zero-order valence-electron chi connectivity index (χ0n) is 8.66. The second-order valence-electron chi connectivity index (χ2n) is 3.30. The maximum Gasteiger partial charge on any atom is 0.179 e. The zero-order chi connectivity index (χ0) is 10.3. The van der Waals surface area contributed by atoms with E-state index in [1.165, 1.54) is 0 Å². The van der Waals surface area contributed by atoms with E-state index in [4.69, 9.17) is 12.2 Å². The van der Waals surface area contributed by atoms with Gasteiger partial charge in [0, 0.05) is 13.6 Å². The second-order valence-corrected chi connectivity index (χ2v) is 3.68. The summed E-state index contributed by atoms with van der Waals surface area (Å²) in [7, 11) is 1.95. The Kier molecular flexibility index (Phi) is 2.19. The molecule has 0 radical (unpaired) electrons. The molecule has 4 nitrogen and oxygen atoms in total. The Hall–Kier alpha value is -1.10. The summed E-state index contributed by atoms with van der Waals surface area (Å²) >= 11 is 5.24. The number of imidazole rings is 1. The molecule has 76 valence electrons. The fourth-order valence-corrected chi connectivity index (χ4v) is 2.14. The third kappa shape index (κ3) is 1.12. The SMILES string of the molecule is CCc1nn(C)c2c1[nH]c(=S)n2CC. The molecular weight excluding hydrogens is 196 g/mol. The summed E-state index contributed by atoms with van der Waals surface area (Å²) in [6.45, 7) is 5.06. The second kappa shape index (κ2) is 3.24. The maximum atomic E-state index is 5.24. The molecule has 0 fully saturated rings. The first kappa shape index (κ1) is 9.45. The molecule has 2 aromatic heterocycles. The van der Waals surface area contributed by atoms with Gasteiger partial charge in [0.2, 0.25) is 0 Å². The van der Waals surface area contributed by atoms with Gasteiger partial charge in [0.1, 0.15) is 5.52 Å². The van der Waals surface area contributed by atoms with Crippen molar-refractivity contribution in [1.82, 2.24) is 19.3 Å². The summed E-state index contributed by atoms with van der Waals surface area (Å²) in [5, 5.41) is 4.44. The molecule has 0 aromatic carbocycles. The Labute approximate surface area is 87.5 Å². The number of aryl methyl sites for hydroxylation is 3. The fourth-order valence-electron chi connectivity index (χ4n) is 1.82. The van der Waals surface area contributed by atoms with Gasteiger partial charge in [-0.1, -0.05) is 6.92 Å². The number of aromatic nitrogens is 4. The standard InChI is InChI=1S/C9H14N4S/c1-4-6-7-8(12(3)11-6)13(5-2)9(14)10-7/h4-5H2,1-3H3,(H,10,14). The third-order valence-corrected chi connectivity index (χ3v) is 2.80. The molecule has 5 heteroatoms. The molecule has 0 unspecified atom stereocenters. The van der Waals surface area contributed by atoms with Gasteiger partial charge < -0.3 is 9.55 Å². The summed E-state index contributed by atoms with van der Waals surface area (Å²) in [6.07, 6.45) is 0.927. The van der Waals surface area contributed by atoms with E-state index in [-0.39, 0.29) is 0 Å². The van der Waals surface area contributed by atoms with Crippen molar-refractivity contribution in [3.63, 3.8) is 0 Å². The number of nitrogens with zero attached hydrogens (tertiary/aromatic N) is 3. The highest BCUT2D eigenvalue weighted by molar-refractivity contribution is 7.71. The number of hydrogen-bond donors (Lipinski definition) is 1. The van der Waals surface area contributed by atoms with Gasteiger partial charge in [-0.05, 0) is 25.6 Å². The highest BCUT2D eigenvalue weighted by atomic mass is 32.1. The fraction of sp³-hybridized carbons (Fsp3) is 0.556. The van der Waals surface area contributed by atoms with E-state index < -0.39 is 0 Å². The van der Waals surface area contributed by atoms with Gasteiger partial charge in [-0.3, -0.25) is 4.68 Å². The largest absolute Gasteiger partial charge is 0.328 e. The van der Waals surface area contributed by atoms with E-state index in [0.29, 0.717) is 0 Å². The third-order valence-electron chi connectivity index (χ3n) is 2.47. The van der Waals surface area contributed by atoms with Crippen LogP contribution in [0.1, 0.15) is 19.5 Å². The topological polar surface area (TPSA) is 38.5 Å². The first-order valence-electron chi connectivity index (χ1n) is 4.83.